The van der Waals surface area contributed by atoms with Crippen molar-refractivity contribution in [3.63, 3.8) is 0 Å². The number of hydrogen-bond acceptors (Lipinski definition) is 2. The third kappa shape index (κ3) is 1.27. The van der Waals surface area contributed by atoms with E-state index in [1.54, 1.807) is 0 Å². The van der Waals surface area contributed by atoms with Crippen LogP contribution in [0.25, 0.3) is 0 Å². The Labute approximate surface area is 77.2 Å². The number of Topliss-reactive ketones (excluding diaryl/α,β-unsaturated/α-hetero) is 1. The zero-order chi connectivity index (χ0) is 8.60. The zero-order valence-electron chi connectivity index (χ0n) is 7.01. The van der Waals surface area contributed by atoms with Crippen LogP contribution in [0, 0.1) is 11.3 Å². The van der Waals surface area contributed by atoms with E-state index in [2.05, 4.69) is 0 Å². The predicted molar refractivity (Wildman–Crippen MR) is 46.3 cm³/mol. The molecule has 3 heteroatoms. The van der Waals surface area contributed by atoms with Gasteiger partial charge in [-0.1, -0.05) is 0 Å². The fraction of sp³-hybridized carbons (Fsp3) is 0.889. The number of carbonyl (C=O) groups excluding carboxylic acids is 1. The Morgan fingerprint density at radius 1 is 1.50 bits per heavy atom. The lowest BCUT2D eigenvalue weighted by Gasteiger charge is -2.22. The summed E-state index contributed by atoms with van der Waals surface area (Å²) >= 11 is 5.51. The molecule has 12 heavy (non-hydrogen) atoms. The molecule has 1 saturated carbocycles. The summed E-state index contributed by atoms with van der Waals surface area (Å²) in [7, 11) is 0. The van der Waals surface area contributed by atoms with Gasteiger partial charge < -0.3 is 4.74 Å². The number of ketones is 1. The molecule has 2 nitrogen and oxygen atoms in total. The molecule has 2 rings (SSSR count). The van der Waals surface area contributed by atoms with E-state index >= 15 is 0 Å². The first-order valence-corrected chi connectivity index (χ1v) is 4.98. The molecule has 0 radical (unpaired) electrons. The Morgan fingerprint density at radius 3 is 2.75 bits per heavy atom. The maximum absolute atomic E-state index is 11.3. The molecule has 2 aliphatic rings. The van der Waals surface area contributed by atoms with Gasteiger partial charge in [0, 0.05) is 19.1 Å². The van der Waals surface area contributed by atoms with Crippen LogP contribution in [0.1, 0.15) is 19.3 Å². The Kier molecular flexibility index (Phi) is 2.13. The molecule has 2 fully saturated rings. The number of hydrogen-bond donors (Lipinski definition) is 0. The summed E-state index contributed by atoms with van der Waals surface area (Å²) < 4.78 is 5.26. The van der Waals surface area contributed by atoms with Crippen LogP contribution < -0.4 is 0 Å². The Balaban J connectivity index is 1.95. The normalized spacial score (nSPS) is 31.9. The van der Waals surface area contributed by atoms with E-state index in [1.807, 2.05) is 0 Å². The van der Waals surface area contributed by atoms with E-state index in [0.29, 0.717) is 5.41 Å². The summed E-state index contributed by atoms with van der Waals surface area (Å²) in [6, 6.07) is 0. The first-order chi connectivity index (χ1) is 5.78. The lowest BCUT2D eigenvalue weighted by Crippen LogP contribution is -2.21. The van der Waals surface area contributed by atoms with Crippen LogP contribution in [-0.4, -0.2) is 24.9 Å². The summed E-state index contributed by atoms with van der Waals surface area (Å²) in [5.74, 6) is 0.685. The van der Waals surface area contributed by atoms with Crippen molar-refractivity contribution in [2.45, 2.75) is 19.3 Å². The monoisotopic (exact) mass is 188 g/mol. The summed E-state index contributed by atoms with van der Waals surface area (Å²) in [6.45, 7) is 1.65. The molecule has 68 valence electrons. The molecule has 1 saturated heterocycles. The fourth-order valence-electron chi connectivity index (χ4n) is 2.23. The second-order valence-corrected chi connectivity index (χ2v) is 4.10. The van der Waals surface area contributed by atoms with Gasteiger partial charge in [0.15, 0.2) is 5.78 Å². The third-order valence-corrected chi connectivity index (χ3v) is 3.46. The fourth-order valence-corrected chi connectivity index (χ4v) is 2.41. The Morgan fingerprint density at radius 2 is 2.17 bits per heavy atom. The second kappa shape index (κ2) is 3.00. The standard InChI is InChI=1S/C9H13ClO2/c10-6-8(11)7-5-9(7)1-3-12-4-2-9/h7H,1-6H2. The number of rotatable bonds is 2. The van der Waals surface area contributed by atoms with E-state index in [9.17, 15) is 4.79 Å². The van der Waals surface area contributed by atoms with E-state index < -0.39 is 0 Å². The van der Waals surface area contributed by atoms with Crippen molar-refractivity contribution in [2.75, 3.05) is 19.1 Å². The van der Waals surface area contributed by atoms with Crippen LogP contribution in [-0.2, 0) is 9.53 Å². The van der Waals surface area contributed by atoms with Crippen molar-refractivity contribution < 1.29 is 9.53 Å². The van der Waals surface area contributed by atoms with Gasteiger partial charge in [-0.3, -0.25) is 4.79 Å². The van der Waals surface area contributed by atoms with Gasteiger partial charge in [-0.15, -0.1) is 11.6 Å². The maximum Gasteiger partial charge on any atom is 0.151 e. The van der Waals surface area contributed by atoms with Crippen LogP contribution >= 0.6 is 11.6 Å². The largest absolute Gasteiger partial charge is 0.381 e. The molecular weight excluding hydrogens is 176 g/mol. The third-order valence-electron chi connectivity index (χ3n) is 3.20. The quantitative estimate of drug-likeness (QED) is 0.616. The van der Waals surface area contributed by atoms with Gasteiger partial charge in [-0.2, -0.15) is 0 Å². The summed E-state index contributed by atoms with van der Waals surface area (Å²) in [6.07, 6.45) is 3.17. The van der Waals surface area contributed by atoms with Crippen LogP contribution in [0.2, 0.25) is 0 Å². The zero-order valence-corrected chi connectivity index (χ0v) is 7.77. The average Bonchev–Trinajstić information content (AvgIpc) is 2.80. The van der Waals surface area contributed by atoms with Crippen molar-refractivity contribution in [2.24, 2.45) is 11.3 Å². The molecule has 1 atom stereocenters. The molecule has 0 bridgehead atoms. The second-order valence-electron chi connectivity index (χ2n) is 3.83. The smallest absolute Gasteiger partial charge is 0.151 e. The minimum absolute atomic E-state index is 0.188. The first-order valence-electron chi connectivity index (χ1n) is 4.45. The predicted octanol–water partition coefficient (Wildman–Crippen LogP) is 1.61. The van der Waals surface area contributed by atoms with Gasteiger partial charge in [0.05, 0.1) is 5.88 Å². The van der Waals surface area contributed by atoms with Crippen LogP contribution in [0.3, 0.4) is 0 Å². The van der Waals surface area contributed by atoms with Gasteiger partial charge >= 0.3 is 0 Å². The highest BCUT2D eigenvalue weighted by molar-refractivity contribution is 6.28. The first kappa shape index (κ1) is 8.52. The van der Waals surface area contributed by atoms with Gasteiger partial charge in [0.25, 0.3) is 0 Å². The lowest BCUT2D eigenvalue weighted by atomic mass is 9.93. The average molecular weight is 189 g/mol. The van der Waals surface area contributed by atoms with Crippen LogP contribution in [0.15, 0.2) is 0 Å². The van der Waals surface area contributed by atoms with Crippen LogP contribution in [0.4, 0.5) is 0 Å². The van der Waals surface area contributed by atoms with Crippen molar-refractivity contribution in [3.05, 3.63) is 0 Å². The molecule has 1 spiro atoms. The van der Waals surface area contributed by atoms with Gasteiger partial charge in [0.1, 0.15) is 0 Å². The summed E-state index contributed by atoms with van der Waals surface area (Å²) in [5.41, 5.74) is 0.310. The molecule has 1 unspecified atom stereocenters. The van der Waals surface area contributed by atoms with Crippen molar-refractivity contribution in [3.8, 4) is 0 Å². The molecule has 0 aromatic heterocycles. The summed E-state index contributed by atoms with van der Waals surface area (Å²) in [4.78, 5) is 11.3. The number of ether oxygens (including phenoxy) is 1. The van der Waals surface area contributed by atoms with Crippen molar-refractivity contribution in [1.29, 1.82) is 0 Å². The van der Waals surface area contributed by atoms with Gasteiger partial charge in [-0.25, -0.2) is 0 Å². The number of halogens is 1. The van der Waals surface area contributed by atoms with Gasteiger partial charge in [-0.05, 0) is 24.7 Å². The van der Waals surface area contributed by atoms with Crippen molar-refractivity contribution in [1.82, 2.24) is 0 Å². The SMILES string of the molecule is O=C(CCl)C1CC12CCOCC2. The molecule has 0 aromatic carbocycles. The highest BCUT2D eigenvalue weighted by atomic mass is 35.5. The highest BCUT2D eigenvalue weighted by Crippen LogP contribution is 2.59. The minimum atomic E-state index is 0.188. The summed E-state index contributed by atoms with van der Waals surface area (Å²) in [5, 5.41) is 0. The molecule has 1 aliphatic carbocycles. The molecule has 1 aliphatic heterocycles. The molecule has 0 N–H and O–H groups in total. The number of carbonyl (C=O) groups is 1. The lowest BCUT2D eigenvalue weighted by molar-refractivity contribution is -0.119. The van der Waals surface area contributed by atoms with Gasteiger partial charge in [0.2, 0.25) is 0 Å². The Bertz CT molecular complexity index is 197. The van der Waals surface area contributed by atoms with E-state index in [-0.39, 0.29) is 17.6 Å². The maximum atomic E-state index is 11.3. The topological polar surface area (TPSA) is 26.3 Å². The molecule has 1 heterocycles. The minimum Gasteiger partial charge on any atom is -0.381 e. The Hall–Kier alpha value is -0.0800. The molecule has 0 amide bonds. The van der Waals surface area contributed by atoms with E-state index in [0.717, 1.165) is 32.5 Å². The molecule has 0 aromatic rings. The van der Waals surface area contributed by atoms with E-state index in [4.69, 9.17) is 16.3 Å². The highest BCUT2D eigenvalue weighted by Gasteiger charge is 2.57. The van der Waals surface area contributed by atoms with Crippen LogP contribution in [0.5, 0.6) is 0 Å². The van der Waals surface area contributed by atoms with Crippen molar-refractivity contribution >= 4 is 17.4 Å². The van der Waals surface area contributed by atoms with E-state index in [1.165, 1.54) is 0 Å². The number of alkyl halides is 1. The molecular formula is C9H13ClO2.